The molecule has 0 saturated carbocycles. The highest BCUT2D eigenvalue weighted by molar-refractivity contribution is 5.93. The first-order valence-electron chi connectivity index (χ1n) is 5.96. The van der Waals surface area contributed by atoms with Gasteiger partial charge in [-0.2, -0.15) is 0 Å². The van der Waals surface area contributed by atoms with E-state index in [-0.39, 0.29) is 24.1 Å². The second kappa shape index (κ2) is 5.60. The van der Waals surface area contributed by atoms with Gasteiger partial charge in [0.2, 0.25) is 0 Å². The van der Waals surface area contributed by atoms with Crippen molar-refractivity contribution in [2.75, 3.05) is 7.11 Å². The molecule has 0 unspecified atom stereocenters. The molecule has 106 valence electrons. The fourth-order valence-electron chi connectivity index (χ4n) is 1.91. The van der Waals surface area contributed by atoms with Crippen molar-refractivity contribution in [3.05, 3.63) is 34.3 Å². The standard InChI is InChI=1S/C13H13NO6/c1-19-12(17)8-4-5-9-10(7-8)20-13(18)14(9)6-2-3-11(15)16/h4-5,7H,2-3,6H2,1H3,(H,15,16). The van der Waals surface area contributed by atoms with Crippen LogP contribution in [0.25, 0.3) is 11.1 Å². The Kier molecular flexibility index (Phi) is 3.88. The number of carboxylic acids is 1. The number of oxazole rings is 1. The van der Waals surface area contributed by atoms with E-state index in [1.807, 2.05) is 0 Å². The molecule has 0 bridgehead atoms. The van der Waals surface area contributed by atoms with Gasteiger partial charge in [0.15, 0.2) is 5.58 Å². The summed E-state index contributed by atoms with van der Waals surface area (Å²) in [7, 11) is 1.26. The zero-order valence-electron chi connectivity index (χ0n) is 10.8. The number of benzene rings is 1. The fourth-order valence-corrected chi connectivity index (χ4v) is 1.91. The second-order valence-electron chi connectivity index (χ2n) is 4.19. The largest absolute Gasteiger partial charge is 0.481 e. The van der Waals surface area contributed by atoms with Gasteiger partial charge < -0.3 is 14.3 Å². The van der Waals surface area contributed by atoms with Crippen molar-refractivity contribution in [2.45, 2.75) is 19.4 Å². The van der Waals surface area contributed by atoms with Gasteiger partial charge in [-0.15, -0.1) is 0 Å². The molecule has 1 aromatic carbocycles. The summed E-state index contributed by atoms with van der Waals surface area (Å²) in [5, 5.41) is 8.59. The Morgan fingerprint density at radius 1 is 1.40 bits per heavy atom. The first-order valence-corrected chi connectivity index (χ1v) is 5.96. The minimum Gasteiger partial charge on any atom is -0.481 e. The summed E-state index contributed by atoms with van der Waals surface area (Å²) in [5.74, 6) is -2.01. The highest BCUT2D eigenvalue weighted by Crippen LogP contribution is 2.16. The molecule has 7 heteroatoms. The van der Waals surface area contributed by atoms with Crippen molar-refractivity contribution >= 4 is 23.0 Å². The zero-order valence-corrected chi connectivity index (χ0v) is 10.8. The molecular formula is C13H13NO6. The van der Waals surface area contributed by atoms with Gasteiger partial charge in [-0.25, -0.2) is 9.59 Å². The molecule has 2 aromatic rings. The number of nitrogens with zero attached hydrogens (tertiary/aromatic N) is 1. The Morgan fingerprint density at radius 3 is 2.80 bits per heavy atom. The van der Waals surface area contributed by atoms with Gasteiger partial charge in [0.1, 0.15) is 0 Å². The highest BCUT2D eigenvalue weighted by Gasteiger charge is 2.13. The van der Waals surface area contributed by atoms with Crippen LogP contribution in [0, 0.1) is 0 Å². The van der Waals surface area contributed by atoms with Crippen LogP contribution in [-0.2, 0) is 16.1 Å². The third-order valence-corrected chi connectivity index (χ3v) is 2.86. The number of rotatable bonds is 5. The van der Waals surface area contributed by atoms with E-state index in [1.165, 1.54) is 23.8 Å². The van der Waals surface area contributed by atoms with Crippen LogP contribution in [0.4, 0.5) is 0 Å². The Bertz CT molecular complexity index is 711. The topological polar surface area (TPSA) is 98.7 Å². The number of hydrogen-bond acceptors (Lipinski definition) is 5. The number of carboxylic acid groups (broad SMARTS) is 1. The van der Waals surface area contributed by atoms with Crippen LogP contribution in [0.15, 0.2) is 27.4 Å². The van der Waals surface area contributed by atoms with Gasteiger partial charge in [-0.3, -0.25) is 9.36 Å². The Labute approximate surface area is 113 Å². The van der Waals surface area contributed by atoms with E-state index >= 15 is 0 Å². The van der Waals surface area contributed by atoms with Gasteiger partial charge in [0.25, 0.3) is 0 Å². The van der Waals surface area contributed by atoms with E-state index < -0.39 is 17.7 Å². The van der Waals surface area contributed by atoms with Crippen molar-refractivity contribution < 1.29 is 23.8 Å². The smallest absolute Gasteiger partial charge is 0.419 e. The van der Waals surface area contributed by atoms with Crippen molar-refractivity contribution in [3.8, 4) is 0 Å². The predicted molar refractivity (Wildman–Crippen MR) is 68.7 cm³/mol. The third kappa shape index (κ3) is 2.71. The first kappa shape index (κ1) is 13.9. The van der Waals surface area contributed by atoms with Crippen LogP contribution >= 0.6 is 0 Å². The maximum Gasteiger partial charge on any atom is 0.419 e. The van der Waals surface area contributed by atoms with Crippen LogP contribution in [0.3, 0.4) is 0 Å². The summed E-state index contributed by atoms with van der Waals surface area (Å²) in [4.78, 5) is 33.5. The van der Waals surface area contributed by atoms with Crippen LogP contribution in [-0.4, -0.2) is 28.7 Å². The van der Waals surface area contributed by atoms with E-state index in [0.29, 0.717) is 11.9 Å². The molecule has 0 radical (unpaired) electrons. The third-order valence-electron chi connectivity index (χ3n) is 2.86. The molecule has 0 fully saturated rings. The van der Waals surface area contributed by atoms with E-state index in [4.69, 9.17) is 9.52 Å². The number of aliphatic carboxylic acids is 1. The van der Waals surface area contributed by atoms with Crippen LogP contribution in [0.5, 0.6) is 0 Å². The molecule has 2 rings (SSSR count). The highest BCUT2D eigenvalue weighted by atomic mass is 16.5. The number of fused-ring (bicyclic) bond motifs is 1. The molecule has 20 heavy (non-hydrogen) atoms. The van der Waals surface area contributed by atoms with Gasteiger partial charge in [-0.05, 0) is 24.6 Å². The lowest BCUT2D eigenvalue weighted by molar-refractivity contribution is -0.137. The SMILES string of the molecule is COC(=O)c1ccc2c(c1)oc(=O)n2CCCC(=O)O. The van der Waals surface area contributed by atoms with E-state index in [0.717, 1.165) is 0 Å². The maximum absolute atomic E-state index is 11.7. The van der Waals surface area contributed by atoms with Crippen molar-refractivity contribution in [2.24, 2.45) is 0 Å². The van der Waals surface area contributed by atoms with E-state index in [9.17, 15) is 14.4 Å². The second-order valence-corrected chi connectivity index (χ2v) is 4.19. The van der Waals surface area contributed by atoms with Crippen LogP contribution in [0.1, 0.15) is 23.2 Å². The summed E-state index contributed by atoms with van der Waals surface area (Å²) in [6, 6.07) is 4.53. The molecule has 0 amide bonds. The van der Waals surface area contributed by atoms with E-state index in [1.54, 1.807) is 6.07 Å². The minimum absolute atomic E-state index is 0.0284. The molecule has 0 aliphatic heterocycles. The quantitative estimate of drug-likeness (QED) is 0.827. The number of esters is 1. The summed E-state index contributed by atoms with van der Waals surface area (Å²) in [6.07, 6.45) is 0.294. The number of hydrogen-bond donors (Lipinski definition) is 1. The maximum atomic E-state index is 11.7. The minimum atomic E-state index is -0.918. The zero-order chi connectivity index (χ0) is 14.7. The van der Waals surface area contributed by atoms with Gasteiger partial charge in [-0.1, -0.05) is 0 Å². The molecule has 1 heterocycles. The monoisotopic (exact) mass is 279 g/mol. The lowest BCUT2D eigenvalue weighted by Gasteiger charge is -2.01. The molecular weight excluding hydrogens is 266 g/mol. The first-order chi connectivity index (χ1) is 9.52. The van der Waals surface area contributed by atoms with Crippen LogP contribution < -0.4 is 5.76 Å². The molecule has 7 nitrogen and oxygen atoms in total. The summed E-state index contributed by atoms with van der Waals surface area (Å²) < 4.78 is 11.0. The molecule has 0 aliphatic carbocycles. The summed E-state index contributed by atoms with van der Waals surface area (Å²) >= 11 is 0. The summed E-state index contributed by atoms with van der Waals surface area (Å²) in [6.45, 7) is 0.246. The predicted octanol–water partition coefficient (Wildman–Crippen LogP) is 1.25. The lowest BCUT2D eigenvalue weighted by atomic mass is 10.2. The average molecular weight is 279 g/mol. The molecule has 0 aliphatic rings. The number of aryl methyl sites for hydroxylation is 1. The van der Waals surface area contributed by atoms with Gasteiger partial charge in [0.05, 0.1) is 18.2 Å². The molecule has 0 saturated heterocycles. The normalized spacial score (nSPS) is 10.7. The molecule has 1 aromatic heterocycles. The van der Waals surface area contributed by atoms with E-state index in [2.05, 4.69) is 4.74 Å². The van der Waals surface area contributed by atoms with Gasteiger partial charge >= 0.3 is 17.7 Å². The number of carbonyl (C=O) groups is 2. The Morgan fingerprint density at radius 2 is 2.15 bits per heavy atom. The number of ether oxygens (including phenoxy) is 1. The Hall–Kier alpha value is -2.57. The summed E-state index contributed by atoms with van der Waals surface area (Å²) in [5.41, 5.74) is 1.08. The van der Waals surface area contributed by atoms with Crippen molar-refractivity contribution in [1.82, 2.24) is 4.57 Å². The average Bonchev–Trinajstić information content (AvgIpc) is 2.73. The van der Waals surface area contributed by atoms with Crippen molar-refractivity contribution in [3.63, 3.8) is 0 Å². The molecule has 0 atom stereocenters. The van der Waals surface area contributed by atoms with Crippen molar-refractivity contribution in [1.29, 1.82) is 0 Å². The number of carbonyl (C=O) groups excluding carboxylic acids is 1. The number of methoxy groups -OCH3 is 1. The van der Waals surface area contributed by atoms with Crippen LogP contribution in [0.2, 0.25) is 0 Å². The molecule has 0 spiro atoms. The lowest BCUT2D eigenvalue weighted by Crippen LogP contribution is -2.14. The number of aromatic nitrogens is 1. The Balaban J connectivity index is 2.32. The molecule has 1 N–H and O–H groups in total. The van der Waals surface area contributed by atoms with Gasteiger partial charge in [0, 0.05) is 13.0 Å². The fraction of sp³-hybridized carbons (Fsp3) is 0.308.